The van der Waals surface area contributed by atoms with Crippen LogP contribution >= 0.6 is 0 Å². The monoisotopic (exact) mass is 264 g/mol. The normalized spacial score (nSPS) is 9.17. The highest BCUT2D eigenvalue weighted by Gasteiger charge is 2.32. The van der Waals surface area contributed by atoms with Crippen molar-refractivity contribution in [2.24, 2.45) is 12.5 Å². The molecule has 0 aliphatic rings. The number of aromatic nitrogens is 4. The zero-order valence-corrected chi connectivity index (χ0v) is 9.49. The van der Waals surface area contributed by atoms with Crippen LogP contribution in [0, 0.1) is 5.41 Å². The number of aryl methyl sites for hydroxylation is 1. The molecule has 0 fully saturated rings. The predicted molar refractivity (Wildman–Crippen MR) is 66.6 cm³/mol. The molecule has 0 saturated heterocycles. The molecule has 0 radical (unpaired) electrons. The molecule has 0 atom stereocenters. The minimum absolute atomic E-state index is 0. The lowest BCUT2D eigenvalue weighted by molar-refractivity contribution is -0.156. The summed E-state index contributed by atoms with van der Waals surface area (Å²) in [6.45, 7) is 0.616. The van der Waals surface area contributed by atoms with Gasteiger partial charge in [0.2, 0.25) is 0 Å². The van der Waals surface area contributed by atoms with E-state index in [1.165, 1.54) is 25.0 Å². The number of hydrogen-bond donors (Lipinski definition) is 2. The van der Waals surface area contributed by atoms with E-state index in [-0.39, 0.29) is 14.9 Å². The van der Waals surface area contributed by atoms with E-state index in [1.54, 1.807) is 7.05 Å². The Morgan fingerprint density at radius 3 is 2.00 bits per heavy atom. The average Bonchev–Trinajstić information content (AvgIpc) is 2.78. The van der Waals surface area contributed by atoms with E-state index in [4.69, 9.17) is 10.2 Å². The van der Waals surface area contributed by atoms with Crippen molar-refractivity contribution in [3.63, 3.8) is 0 Å². The maximum absolute atomic E-state index is 10.8. The van der Waals surface area contributed by atoms with Gasteiger partial charge in [-0.2, -0.15) is 0 Å². The first-order valence-corrected chi connectivity index (χ1v) is 4.47. The van der Waals surface area contributed by atoms with Crippen molar-refractivity contribution in [3.8, 4) is 0 Å². The molecule has 18 heavy (non-hydrogen) atoms. The van der Waals surface area contributed by atoms with Gasteiger partial charge in [0, 0.05) is 7.05 Å². The summed E-state index contributed by atoms with van der Waals surface area (Å²) in [5.74, 6) is -0.600. The van der Waals surface area contributed by atoms with Gasteiger partial charge in [0.1, 0.15) is 11.7 Å². The number of rotatable bonds is 3. The van der Waals surface area contributed by atoms with Crippen LogP contribution < -0.4 is 0 Å². The topological polar surface area (TPSA) is 110 Å². The molecule has 0 spiro atoms. The minimum Gasteiger partial charge on any atom is -0.468 e. The van der Waals surface area contributed by atoms with E-state index in [0.29, 0.717) is 0 Å². The Morgan fingerprint density at radius 1 is 1.39 bits per heavy atom. The molecule has 2 N–H and O–H groups in total. The summed E-state index contributed by atoms with van der Waals surface area (Å²) >= 11 is 0. The van der Waals surface area contributed by atoms with Crippen molar-refractivity contribution in [1.29, 1.82) is 0 Å². The van der Waals surface area contributed by atoms with Gasteiger partial charge < -0.3 is 14.9 Å². The predicted octanol–water partition coefficient (Wildman–Crippen LogP) is -0.367. The first-order chi connectivity index (χ1) is 7.50. The summed E-state index contributed by atoms with van der Waals surface area (Å²) in [5, 5.41) is 27.4. The number of nitrogens with zero attached hydrogens (tertiary/aromatic N) is 4. The first-order valence-electron chi connectivity index (χ1n) is 4.47. The summed E-state index contributed by atoms with van der Waals surface area (Å²) in [6.07, 6.45) is 1.53. The van der Waals surface area contributed by atoms with Gasteiger partial charge in [-0.05, 0) is 17.4 Å². The fourth-order valence-corrected chi connectivity index (χ4v) is 0.633. The first kappa shape index (κ1) is 21.7. The Balaban J connectivity index is -0.000000244. The van der Waals surface area contributed by atoms with Crippen LogP contribution in [0.25, 0.3) is 0 Å². The van der Waals surface area contributed by atoms with E-state index in [1.807, 2.05) is 0 Å². The van der Waals surface area contributed by atoms with E-state index in [2.05, 4.69) is 20.3 Å². The van der Waals surface area contributed by atoms with Crippen molar-refractivity contribution in [2.45, 2.75) is 21.8 Å². The molecule has 0 aliphatic carbocycles. The number of esters is 1. The van der Waals surface area contributed by atoms with Crippen LogP contribution in [-0.2, 0) is 16.6 Å². The van der Waals surface area contributed by atoms with Crippen molar-refractivity contribution in [1.82, 2.24) is 20.2 Å². The van der Waals surface area contributed by atoms with Crippen LogP contribution in [0.1, 0.15) is 21.8 Å². The van der Waals surface area contributed by atoms with E-state index >= 15 is 0 Å². The molecule has 1 aromatic heterocycles. The maximum Gasteiger partial charge on any atom is 0.316 e. The summed E-state index contributed by atoms with van der Waals surface area (Å²) in [6, 6.07) is 0. The molecule has 108 valence electrons. The third kappa shape index (κ3) is 6.92. The van der Waals surface area contributed by atoms with Crippen LogP contribution in [0.2, 0.25) is 0 Å². The minimum atomic E-state index is -1.16. The molecule has 1 aromatic rings. The van der Waals surface area contributed by atoms with Gasteiger partial charge in [0.25, 0.3) is 0 Å². The number of ether oxygens (including phenoxy) is 1. The van der Waals surface area contributed by atoms with Gasteiger partial charge in [0.05, 0.1) is 20.3 Å². The molecule has 0 bridgehead atoms. The van der Waals surface area contributed by atoms with Gasteiger partial charge in [-0.1, -0.05) is 14.9 Å². The Labute approximate surface area is 108 Å². The van der Waals surface area contributed by atoms with Gasteiger partial charge in [0.15, 0.2) is 0 Å². The quantitative estimate of drug-likeness (QED) is 0.717. The van der Waals surface area contributed by atoms with Gasteiger partial charge in [-0.15, -0.1) is 5.10 Å². The van der Waals surface area contributed by atoms with Crippen LogP contribution in [-0.4, -0.2) is 56.7 Å². The Morgan fingerprint density at radius 2 is 1.89 bits per heavy atom. The SMILES string of the molecule is C.C.COC(=O)C(C)(CO)CO.Cn1cnnn1. The molecule has 0 aromatic carbocycles. The number of aliphatic hydroxyl groups is 2. The fraction of sp³-hybridized carbons (Fsp3) is 0.800. The molecule has 0 unspecified atom stereocenters. The lowest BCUT2D eigenvalue weighted by Crippen LogP contribution is -2.36. The van der Waals surface area contributed by atoms with Crippen LogP contribution in [0.4, 0.5) is 0 Å². The molecule has 8 heteroatoms. The third-order valence-corrected chi connectivity index (χ3v) is 1.83. The summed E-state index contributed by atoms with van der Waals surface area (Å²) in [4.78, 5) is 10.8. The van der Waals surface area contributed by atoms with Gasteiger partial charge in [-0.25, -0.2) is 4.68 Å². The highest BCUT2D eigenvalue weighted by Crippen LogP contribution is 2.15. The number of aliphatic hydroxyl groups excluding tert-OH is 2. The van der Waals surface area contributed by atoms with Crippen LogP contribution in [0.5, 0.6) is 0 Å². The number of hydrogen-bond acceptors (Lipinski definition) is 7. The lowest BCUT2D eigenvalue weighted by atomic mass is 9.93. The number of carbonyl (C=O) groups excluding carboxylic acids is 1. The highest BCUT2D eigenvalue weighted by atomic mass is 16.5. The molecule has 1 heterocycles. The van der Waals surface area contributed by atoms with Crippen LogP contribution in [0.3, 0.4) is 0 Å². The molecule has 0 aliphatic heterocycles. The summed E-state index contributed by atoms with van der Waals surface area (Å²) in [7, 11) is 2.98. The number of tetrazole rings is 1. The molecular formula is C10H24N4O4. The van der Waals surface area contributed by atoms with Gasteiger partial charge >= 0.3 is 5.97 Å². The second-order valence-electron chi connectivity index (χ2n) is 3.35. The largest absolute Gasteiger partial charge is 0.468 e. The molecule has 8 nitrogen and oxygen atoms in total. The average molecular weight is 264 g/mol. The molecule has 1 rings (SSSR count). The second-order valence-corrected chi connectivity index (χ2v) is 3.35. The second kappa shape index (κ2) is 10.6. The summed E-state index contributed by atoms with van der Waals surface area (Å²) < 4.78 is 5.87. The van der Waals surface area contributed by atoms with Gasteiger partial charge in [-0.3, -0.25) is 4.79 Å². The molecule has 0 amide bonds. The van der Waals surface area contributed by atoms with Crippen molar-refractivity contribution in [3.05, 3.63) is 6.33 Å². The number of carbonyl (C=O) groups is 1. The standard InChI is InChI=1S/C6H12O4.C2H4N4.2CH4/c1-6(3-7,4-8)5(9)10-2;1-6-2-3-4-5-6;;/h7-8H,3-4H2,1-2H3;2H,1H3;2*1H4. The Kier molecular flexibility index (Phi) is 12.8. The third-order valence-electron chi connectivity index (χ3n) is 1.83. The summed E-state index contributed by atoms with van der Waals surface area (Å²) in [5.41, 5.74) is -1.16. The van der Waals surface area contributed by atoms with Crippen LogP contribution in [0.15, 0.2) is 6.33 Å². The fourth-order valence-electron chi connectivity index (χ4n) is 0.633. The van der Waals surface area contributed by atoms with E-state index in [0.717, 1.165) is 0 Å². The lowest BCUT2D eigenvalue weighted by Gasteiger charge is -2.20. The van der Waals surface area contributed by atoms with E-state index < -0.39 is 24.6 Å². The van der Waals surface area contributed by atoms with E-state index in [9.17, 15) is 4.79 Å². The Bertz CT molecular complexity index is 299. The number of methoxy groups -OCH3 is 1. The smallest absolute Gasteiger partial charge is 0.316 e. The van der Waals surface area contributed by atoms with Crippen molar-refractivity contribution in [2.75, 3.05) is 20.3 Å². The zero-order valence-electron chi connectivity index (χ0n) is 9.49. The van der Waals surface area contributed by atoms with Crippen molar-refractivity contribution >= 4 is 5.97 Å². The zero-order chi connectivity index (χ0) is 12.6. The molecule has 0 saturated carbocycles. The van der Waals surface area contributed by atoms with Crippen molar-refractivity contribution < 1.29 is 19.7 Å². The highest BCUT2D eigenvalue weighted by molar-refractivity contribution is 5.76. The maximum atomic E-state index is 10.8. The molecular weight excluding hydrogens is 240 g/mol. The Hall–Kier alpha value is -1.54.